The third-order valence-electron chi connectivity index (χ3n) is 3.55. The van der Waals surface area contributed by atoms with E-state index in [9.17, 15) is 5.11 Å². The molecule has 1 aromatic carbocycles. The molecule has 1 fully saturated rings. The molecule has 2 rings (SSSR count). The Morgan fingerprint density at radius 1 is 1.38 bits per heavy atom. The van der Waals surface area contributed by atoms with Crippen LogP contribution in [0.25, 0.3) is 0 Å². The van der Waals surface area contributed by atoms with Gasteiger partial charge in [-0.15, -0.1) is 0 Å². The topological polar surface area (TPSA) is 20.2 Å². The van der Waals surface area contributed by atoms with Crippen LogP contribution < -0.4 is 0 Å². The molecule has 0 spiro atoms. The van der Waals surface area contributed by atoms with Crippen LogP contribution in [0.1, 0.15) is 25.3 Å². The first kappa shape index (κ1) is 12.2. The number of rotatable bonds is 4. The van der Waals surface area contributed by atoms with Gasteiger partial charge in [0.2, 0.25) is 0 Å². The fourth-order valence-electron chi connectivity index (χ4n) is 2.23. The van der Waals surface area contributed by atoms with Crippen LogP contribution in [0.5, 0.6) is 0 Å². The largest absolute Gasteiger partial charge is 0.396 e. The highest BCUT2D eigenvalue weighted by Crippen LogP contribution is 2.47. The summed E-state index contributed by atoms with van der Waals surface area (Å²) < 4.78 is 0. The number of benzene rings is 1. The second-order valence-electron chi connectivity index (χ2n) is 4.98. The maximum atomic E-state index is 9.54. The van der Waals surface area contributed by atoms with Crippen molar-refractivity contribution in [2.75, 3.05) is 6.61 Å². The molecule has 1 N–H and O–H groups in total. The van der Waals surface area contributed by atoms with Crippen LogP contribution in [0.15, 0.2) is 18.2 Å². The Hall–Kier alpha value is -0.240. The summed E-state index contributed by atoms with van der Waals surface area (Å²) in [6.07, 6.45) is 3.23. The Bertz CT molecular complexity index is 388. The van der Waals surface area contributed by atoms with E-state index in [4.69, 9.17) is 23.2 Å². The molecule has 0 radical (unpaired) electrons. The minimum Gasteiger partial charge on any atom is -0.396 e. The van der Waals surface area contributed by atoms with Gasteiger partial charge in [0, 0.05) is 6.61 Å². The maximum Gasteiger partial charge on any atom is 0.0624 e. The highest BCUT2D eigenvalue weighted by atomic mass is 35.5. The van der Waals surface area contributed by atoms with Crippen LogP contribution in [0.4, 0.5) is 0 Å². The van der Waals surface area contributed by atoms with Crippen LogP contribution in [-0.2, 0) is 6.42 Å². The predicted molar refractivity (Wildman–Crippen MR) is 68.1 cm³/mol. The first-order valence-corrected chi connectivity index (χ1v) is 6.36. The van der Waals surface area contributed by atoms with Crippen molar-refractivity contribution in [3.05, 3.63) is 33.8 Å². The first-order chi connectivity index (χ1) is 7.57. The highest BCUT2D eigenvalue weighted by molar-refractivity contribution is 6.42. The normalized spacial score (nSPS) is 19.5. The van der Waals surface area contributed by atoms with Crippen LogP contribution in [-0.4, -0.2) is 11.7 Å². The van der Waals surface area contributed by atoms with Gasteiger partial charge >= 0.3 is 0 Å². The molecule has 1 aliphatic rings. The SMILES string of the molecule is CC(CO)(Cc1cccc(Cl)c1Cl)C1CC1. The van der Waals surface area contributed by atoms with Crippen molar-refractivity contribution < 1.29 is 5.11 Å². The minimum absolute atomic E-state index is 0.0473. The molecule has 0 heterocycles. The predicted octanol–water partition coefficient (Wildman–Crippen LogP) is 3.94. The van der Waals surface area contributed by atoms with Gasteiger partial charge in [0.15, 0.2) is 0 Å². The molecular formula is C13H16Cl2O. The summed E-state index contributed by atoms with van der Waals surface area (Å²) in [5.74, 6) is 0.632. The van der Waals surface area contributed by atoms with Crippen molar-refractivity contribution in [2.24, 2.45) is 11.3 Å². The van der Waals surface area contributed by atoms with E-state index in [1.807, 2.05) is 12.1 Å². The van der Waals surface area contributed by atoms with E-state index in [0.717, 1.165) is 12.0 Å². The summed E-state index contributed by atoms with van der Waals surface area (Å²) in [5.41, 5.74) is 0.992. The lowest BCUT2D eigenvalue weighted by molar-refractivity contribution is 0.119. The molecule has 1 atom stereocenters. The molecule has 0 amide bonds. The van der Waals surface area contributed by atoms with E-state index in [1.54, 1.807) is 6.07 Å². The Balaban J connectivity index is 2.22. The molecule has 1 aliphatic carbocycles. The molecular weight excluding hydrogens is 243 g/mol. The summed E-state index contributed by atoms with van der Waals surface area (Å²) >= 11 is 12.2. The number of aliphatic hydroxyl groups is 1. The van der Waals surface area contributed by atoms with E-state index in [1.165, 1.54) is 12.8 Å². The zero-order valence-electron chi connectivity index (χ0n) is 9.34. The second kappa shape index (κ2) is 4.56. The van der Waals surface area contributed by atoms with Gasteiger partial charge in [-0.1, -0.05) is 42.3 Å². The van der Waals surface area contributed by atoms with Gasteiger partial charge in [0.25, 0.3) is 0 Å². The molecule has 1 saturated carbocycles. The number of hydrogen-bond acceptors (Lipinski definition) is 1. The van der Waals surface area contributed by atoms with Crippen molar-refractivity contribution in [1.82, 2.24) is 0 Å². The van der Waals surface area contributed by atoms with Crippen LogP contribution in [0.3, 0.4) is 0 Å². The van der Waals surface area contributed by atoms with E-state index in [2.05, 4.69) is 6.92 Å². The number of halogens is 2. The van der Waals surface area contributed by atoms with Crippen molar-refractivity contribution >= 4 is 23.2 Å². The van der Waals surface area contributed by atoms with Gasteiger partial charge in [-0.05, 0) is 42.2 Å². The summed E-state index contributed by atoms with van der Waals surface area (Å²) in [6.45, 7) is 2.34. The third kappa shape index (κ3) is 2.37. The van der Waals surface area contributed by atoms with Gasteiger partial charge < -0.3 is 5.11 Å². The van der Waals surface area contributed by atoms with Crippen LogP contribution in [0, 0.1) is 11.3 Å². The molecule has 0 aromatic heterocycles. The summed E-state index contributed by atoms with van der Waals surface area (Å²) in [4.78, 5) is 0. The molecule has 16 heavy (non-hydrogen) atoms. The fraction of sp³-hybridized carbons (Fsp3) is 0.538. The Morgan fingerprint density at radius 3 is 2.62 bits per heavy atom. The molecule has 1 nitrogen and oxygen atoms in total. The Morgan fingerprint density at radius 2 is 2.06 bits per heavy atom. The smallest absolute Gasteiger partial charge is 0.0624 e. The van der Waals surface area contributed by atoms with Gasteiger partial charge in [0.1, 0.15) is 0 Å². The average molecular weight is 259 g/mol. The number of hydrogen-bond donors (Lipinski definition) is 1. The lowest BCUT2D eigenvalue weighted by Crippen LogP contribution is -2.27. The lowest BCUT2D eigenvalue weighted by Gasteiger charge is -2.27. The third-order valence-corrected chi connectivity index (χ3v) is 4.41. The van der Waals surface area contributed by atoms with E-state index in [0.29, 0.717) is 16.0 Å². The lowest BCUT2D eigenvalue weighted by atomic mass is 9.80. The van der Waals surface area contributed by atoms with Crippen molar-refractivity contribution in [3.8, 4) is 0 Å². The summed E-state index contributed by atoms with van der Waals surface area (Å²) in [6, 6.07) is 5.69. The van der Waals surface area contributed by atoms with E-state index >= 15 is 0 Å². The first-order valence-electron chi connectivity index (χ1n) is 5.60. The van der Waals surface area contributed by atoms with Crippen LogP contribution >= 0.6 is 23.2 Å². The molecule has 0 aliphatic heterocycles. The average Bonchev–Trinajstić information content (AvgIpc) is 3.08. The molecule has 88 valence electrons. The quantitative estimate of drug-likeness (QED) is 0.868. The number of aliphatic hydroxyl groups excluding tert-OH is 1. The zero-order valence-corrected chi connectivity index (χ0v) is 10.9. The van der Waals surface area contributed by atoms with Gasteiger partial charge in [0.05, 0.1) is 10.0 Å². The Labute approximate surface area is 106 Å². The minimum atomic E-state index is -0.0473. The fourth-order valence-corrected chi connectivity index (χ4v) is 2.62. The maximum absolute atomic E-state index is 9.54. The molecule has 0 saturated heterocycles. The Kier molecular flexibility index (Phi) is 3.48. The standard InChI is InChI=1S/C13H16Cl2O/c1-13(8-16,10-5-6-10)7-9-3-2-4-11(14)12(9)15/h2-4,10,16H,5-8H2,1H3. The van der Waals surface area contributed by atoms with Gasteiger partial charge in [-0.2, -0.15) is 0 Å². The molecule has 1 aromatic rings. The van der Waals surface area contributed by atoms with E-state index in [-0.39, 0.29) is 12.0 Å². The van der Waals surface area contributed by atoms with Crippen molar-refractivity contribution in [3.63, 3.8) is 0 Å². The zero-order chi connectivity index (χ0) is 11.8. The molecule has 1 unspecified atom stereocenters. The second-order valence-corrected chi connectivity index (χ2v) is 5.76. The molecule has 3 heteroatoms. The van der Waals surface area contributed by atoms with Crippen molar-refractivity contribution in [2.45, 2.75) is 26.2 Å². The van der Waals surface area contributed by atoms with Crippen LogP contribution in [0.2, 0.25) is 10.0 Å². The highest BCUT2D eigenvalue weighted by Gasteiger charge is 2.41. The van der Waals surface area contributed by atoms with Crippen molar-refractivity contribution in [1.29, 1.82) is 0 Å². The summed E-state index contributed by atoms with van der Waals surface area (Å²) in [5, 5.41) is 10.8. The van der Waals surface area contributed by atoms with Gasteiger partial charge in [-0.3, -0.25) is 0 Å². The monoisotopic (exact) mass is 258 g/mol. The van der Waals surface area contributed by atoms with Gasteiger partial charge in [-0.25, -0.2) is 0 Å². The van der Waals surface area contributed by atoms with E-state index < -0.39 is 0 Å². The molecule has 0 bridgehead atoms. The summed E-state index contributed by atoms with van der Waals surface area (Å²) in [7, 11) is 0.